The fraction of sp³-hybridized carbons (Fsp3) is 0.762. The molecule has 1 aromatic rings. The molecule has 3 heterocycles. The lowest BCUT2D eigenvalue weighted by molar-refractivity contribution is -0.135. The average molecular weight is 405 g/mol. The molecule has 8 heteroatoms. The van der Waals surface area contributed by atoms with E-state index in [4.69, 9.17) is 4.42 Å². The van der Waals surface area contributed by atoms with E-state index in [1.807, 2.05) is 11.8 Å². The van der Waals surface area contributed by atoms with Crippen molar-refractivity contribution in [1.29, 1.82) is 0 Å². The first-order valence-electron chi connectivity index (χ1n) is 10.7. The van der Waals surface area contributed by atoms with Crippen LogP contribution in [0, 0.1) is 0 Å². The van der Waals surface area contributed by atoms with E-state index in [0.29, 0.717) is 12.4 Å². The summed E-state index contributed by atoms with van der Waals surface area (Å²) in [5, 5.41) is 3.36. The van der Waals surface area contributed by atoms with Crippen LogP contribution >= 0.6 is 0 Å². The zero-order chi connectivity index (χ0) is 21.0. The van der Waals surface area contributed by atoms with Gasteiger partial charge in [-0.1, -0.05) is 20.8 Å². The Hall–Kier alpha value is -2.09. The number of nitrogens with one attached hydrogen (secondary N) is 1. The summed E-state index contributed by atoms with van der Waals surface area (Å²) in [6.45, 7) is 14.1. The summed E-state index contributed by atoms with van der Waals surface area (Å²) >= 11 is 0. The van der Waals surface area contributed by atoms with E-state index in [1.165, 1.54) is 0 Å². The maximum atomic E-state index is 12.7. The summed E-state index contributed by atoms with van der Waals surface area (Å²) in [5.74, 6) is 2.67. The third-order valence-corrected chi connectivity index (χ3v) is 5.84. The number of likely N-dealkylation sites (tertiary alicyclic amines) is 1. The number of guanidine groups is 1. The molecule has 2 aliphatic heterocycles. The number of rotatable bonds is 4. The van der Waals surface area contributed by atoms with Gasteiger partial charge in [0, 0.05) is 51.7 Å². The van der Waals surface area contributed by atoms with E-state index in [2.05, 4.69) is 45.9 Å². The number of piperazine rings is 1. The molecule has 0 aromatic carbocycles. The Balaban J connectivity index is 1.48. The normalized spacial score (nSPS) is 20.2. The molecule has 1 atom stereocenters. The van der Waals surface area contributed by atoms with Crippen LogP contribution in [0.25, 0.3) is 0 Å². The van der Waals surface area contributed by atoms with Crippen molar-refractivity contribution in [1.82, 2.24) is 25.0 Å². The van der Waals surface area contributed by atoms with Gasteiger partial charge in [-0.2, -0.15) is 0 Å². The number of aliphatic imine (C=N–C) groups is 1. The predicted octanol–water partition coefficient (Wildman–Crippen LogP) is 1.68. The van der Waals surface area contributed by atoms with Gasteiger partial charge in [-0.25, -0.2) is 4.98 Å². The van der Waals surface area contributed by atoms with Crippen LogP contribution in [0.1, 0.15) is 52.2 Å². The minimum absolute atomic E-state index is 0.0478. The topological polar surface area (TPSA) is 77.2 Å². The smallest absolute Gasteiger partial charge is 0.239 e. The van der Waals surface area contributed by atoms with E-state index in [0.717, 1.165) is 63.8 Å². The fourth-order valence-electron chi connectivity index (χ4n) is 3.90. The summed E-state index contributed by atoms with van der Waals surface area (Å²) in [7, 11) is 1.80. The molecule has 2 saturated heterocycles. The van der Waals surface area contributed by atoms with Gasteiger partial charge < -0.3 is 19.5 Å². The van der Waals surface area contributed by atoms with E-state index in [9.17, 15) is 4.79 Å². The van der Waals surface area contributed by atoms with Gasteiger partial charge in [0.2, 0.25) is 11.8 Å². The van der Waals surface area contributed by atoms with Gasteiger partial charge in [-0.15, -0.1) is 0 Å². The highest BCUT2D eigenvalue weighted by Crippen LogP contribution is 2.22. The molecule has 29 heavy (non-hydrogen) atoms. The zero-order valence-corrected chi connectivity index (χ0v) is 18.6. The zero-order valence-electron chi connectivity index (χ0n) is 18.6. The van der Waals surface area contributed by atoms with Crippen molar-refractivity contribution in [2.45, 2.75) is 58.5 Å². The molecule has 0 saturated carbocycles. The average Bonchev–Trinajstić information content (AvgIpc) is 3.39. The third kappa shape index (κ3) is 5.29. The number of amides is 1. The molecule has 162 valence electrons. The Labute approximate surface area is 174 Å². The lowest BCUT2D eigenvalue weighted by atomic mass is 9.94. The molecular weight excluding hydrogens is 368 g/mol. The van der Waals surface area contributed by atoms with Gasteiger partial charge in [-0.05, 0) is 19.8 Å². The number of carbonyl (C=O) groups excluding carboxylic acids is 1. The molecule has 0 bridgehead atoms. The highest BCUT2D eigenvalue weighted by atomic mass is 16.4. The van der Waals surface area contributed by atoms with Gasteiger partial charge in [0.05, 0.1) is 18.8 Å². The molecule has 0 radical (unpaired) electrons. The highest BCUT2D eigenvalue weighted by molar-refractivity contribution is 5.82. The van der Waals surface area contributed by atoms with Crippen LogP contribution in [0.15, 0.2) is 15.6 Å². The minimum Gasteiger partial charge on any atom is -0.443 e. The maximum Gasteiger partial charge on any atom is 0.239 e. The first kappa shape index (κ1) is 21.6. The third-order valence-electron chi connectivity index (χ3n) is 5.84. The van der Waals surface area contributed by atoms with Crippen LogP contribution in [0.4, 0.5) is 0 Å². The molecule has 2 fully saturated rings. The molecular formula is C21H36N6O2. The predicted molar refractivity (Wildman–Crippen MR) is 114 cm³/mol. The molecule has 3 rings (SSSR count). The van der Waals surface area contributed by atoms with Crippen LogP contribution in [-0.4, -0.2) is 83.9 Å². The SMILES string of the molecule is CN=C(NCc1ncc(C(C)(C)C)o1)N1CCN(C(C)C(=O)N2CCCC2)CC1. The molecule has 0 spiro atoms. The van der Waals surface area contributed by atoms with Crippen molar-refractivity contribution in [3.8, 4) is 0 Å². The first-order valence-corrected chi connectivity index (χ1v) is 10.7. The van der Waals surface area contributed by atoms with Crippen molar-refractivity contribution in [3.05, 3.63) is 17.8 Å². The van der Waals surface area contributed by atoms with Crippen LogP contribution in [0.3, 0.4) is 0 Å². The molecule has 1 amide bonds. The summed E-state index contributed by atoms with van der Waals surface area (Å²) in [6.07, 6.45) is 4.07. The van der Waals surface area contributed by atoms with Gasteiger partial charge in [0.1, 0.15) is 5.76 Å². The maximum absolute atomic E-state index is 12.7. The standard InChI is InChI=1S/C21H36N6O2/c1-16(19(28)26-8-6-7-9-26)25-10-12-27(13-11-25)20(22-5)24-15-18-23-14-17(29-18)21(2,3)4/h14,16H,6-13,15H2,1-5H3,(H,22,24). The van der Waals surface area contributed by atoms with Gasteiger partial charge >= 0.3 is 0 Å². The van der Waals surface area contributed by atoms with Crippen LogP contribution in [-0.2, 0) is 16.8 Å². The van der Waals surface area contributed by atoms with E-state index >= 15 is 0 Å². The Morgan fingerprint density at radius 2 is 1.83 bits per heavy atom. The Morgan fingerprint density at radius 1 is 1.17 bits per heavy atom. The Bertz CT molecular complexity index is 709. The minimum atomic E-state index is -0.0492. The molecule has 1 aromatic heterocycles. The Kier molecular flexibility index (Phi) is 6.82. The van der Waals surface area contributed by atoms with E-state index in [1.54, 1.807) is 13.2 Å². The molecule has 8 nitrogen and oxygen atoms in total. The highest BCUT2D eigenvalue weighted by Gasteiger charge is 2.30. The summed E-state index contributed by atoms with van der Waals surface area (Å²) < 4.78 is 5.86. The van der Waals surface area contributed by atoms with Crippen LogP contribution in [0.2, 0.25) is 0 Å². The number of nitrogens with zero attached hydrogens (tertiary/aromatic N) is 5. The fourth-order valence-corrected chi connectivity index (χ4v) is 3.90. The van der Waals surface area contributed by atoms with Gasteiger partial charge in [0.25, 0.3) is 0 Å². The van der Waals surface area contributed by atoms with Crippen molar-refractivity contribution in [3.63, 3.8) is 0 Å². The molecule has 1 N–H and O–H groups in total. The Morgan fingerprint density at radius 3 is 2.38 bits per heavy atom. The summed E-state index contributed by atoms with van der Waals surface area (Å²) in [5.41, 5.74) is -0.0492. The van der Waals surface area contributed by atoms with Crippen LogP contribution < -0.4 is 5.32 Å². The van der Waals surface area contributed by atoms with Crippen molar-refractivity contribution in [2.24, 2.45) is 4.99 Å². The van der Waals surface area contributed by atoms with E-state index in [-0.39, 0.29) is 17.4 Å². The lowest BCUT2D eigenvalue weighted by Crippen LogP contribution is -2.57. The second-order valence-electron chi connectivity index (χ2n) is 9.00. The second-order valence-corrected chi connectivity index (χ2v) is 9.00. The first-order chi connectivity index (χ1) is 13.8. The van der Waals surface area contributed by atoms with Crippen molar-refractivity contribution >= 4 is 11.9 Å². The molecule has 1 unspecified atom stereocenters. The number of hydrogen-bond acceptors (Lipinski definition) is 5. The van der Waals surface area contributed by atoms with Crippen LogP contribution in [0.5, 0.6) is 0 Å². The monoisotopic (exact) mass is 404 g/mol. The number of hydrogen-bond donors (Lipinski definition) is 1. The number of oxazole rings is 1. The quantitative estimate of drug-likeness (QED) is 0.608. The number of carbonyl (C=O) groups is 1. The molecule has 2 aliphatic rings. The van der Waals surface area contributed by atoms with E-state index < -0.39 is 0 Å². The molecule has 0 aliphatic carbocycles. The van der Waals surface area contributed by atoms with Gasteiger partial charge in [-0.3, -0.25) is 14.7 Å². The summed E-state index contributed by atoms with van der Waals surface area (Å²) in [4.78, 5) is 28.0. The summed E-state index contributed by atoms with van der Waals surface area (Å²) in [6, 6.07) is -0.0478. The number of aromatic nitrogens is 1. The van der Waals surface area contributed by atoms with Crippen molar-refractivity contribution < 1.29 is 9.21 Å². The van der Waals surface area contributed by atoms with Crippen molar-refractivity contribution in [2.75, 3.05) is 46.3 Å². The second kappa shape index (κ2) is 9.15. The lowest BCUT2D eigenvalue weighted by Gasteiger charge is -2.39. The largest absolute Gasteiger partial charge is 0.443 e. The van der Waals surface area contributed by atoms with Gasteiger partial charge in [0.15, 0.2) is 5.96 Å².